The van der Waals surface area contributed by atoms with Gasteiger partial charge in [0.05, 0.1) is 4.34 Å². The third-order valence-electron chi connectivity index (χ3n) is 2.85. The van der Waals surface area contributed by atoms with Gasteiger partial charge in [-0.3, -0.25) is 0 Å². The van der Waals surface area contributed by atoms with Crippen molar-refractivity contribution in [2.75, 3.05) is 6.54 Å². The second-order valence-electron chi connectivity index (χ2n) is 4.34. The molecule has 0 unspecified atom stereocenters. The van der Waals surface area contributed by atoms with Crippen molar-refractivity contribution in [1.29, 1.82) is 0 Å². The highest BCUT2D eigenvalue weighted by molar-refractivity contribution is 7.16. The number of aryl methyl sites for hydroxylation is 1. The molecular formula is C15H18ClNOS. The van der Waals surface area contributed by atoms with Gasteiger partial charge in [0, 0.05) is 17.0 Å². The zero-order chi connectivity index (χ0) is 13.7. The third-order valence-corrected chi connectivity index (χ3v) is 4.05. The minimum Gasteiger partial charge on any atom is -0.487 e. The Balaban J connectivity index is 2.09. The van der Waals surface area contributed by atoms with Crippen molar-refractivity contribution in [2.24, 2.45) is 0 Å². The first-order valence-corrected chi connectivity index (χ1v) is 7.56. The summed E-state index contributed by atoms with van der Waals surface area (Å²) in [7, 11) is 0. The van der Waals surface area contributed by atoms with Gasteiger partial charge in [-0.25, -0.2) is 0 Å². The van der Waals surface area contributed by atoms with E-state index in [0.717, 1.165) is 33.6 Å². The molecule has 0 aliphatic rings. The maximum absolute atomic E-state index is 5.98. The number of hydrogen-bond acceptors (Lipinski definition) is 3. The average molecular weight is 296 g/mol. The van der Waals surface area contributed by atoms with E-state index in [9.17, 15) is 0 Å². The topological polar surface area (TPSA) is 21.3 Å². The summed E-state index contributed by atoms with van der Waals surface area (Å²) < 4.78 is 6.78. The number of hydrogen-bond donors (Lipinski definition) is 1. The summed E-state index contributed by atoms with van der Waals surface area (Å²) in [5.74, 6) is 0.980. The van der Waals surface area contributed by atoms with E-state index in [2.05, 4.69) is 37.4 Å². The van der Waals surface area contributed by atoms with Gasteiger partial charge in [-0.2, -0.15) is 0 Å². The summed E-state index contributed by atoms with van der Waals surface area (Å²) in [6, 6.07) is 10.2. The molecule has 0 aliphatic carbocycles. The molecule has 0 radical (unpaired) electrons. The summed E-state index contributed by atoms with van der Waals surface area (Å²) in [5, 5.41) is 3.34. The Morgan fingerprint density at radius 1 is 1.26 bits per heavy atom. The molecule has 102 valence electrons. The number of para-hydroxylation sites is 1. The lowest BCUT2D eigenvalue weighted by Gasteiger charge is -2.14. The first-order chi connectivity index (χ1) is 9.20. The normalized spacial score (nSPS) is 10.7. The van der Waals surface area contributed by atoms with E-state index in [-0.39, 0.29) is 0 Å². The summed E-state index contributed by atoms with van der Waals surface area (Å²) in [6.45, 7) is 6.53. The molecule has 1 heterocycles. The fourth-order valence-corrected chi connectivity index (χ4v) is 2.89. The third kappa shape index (κ3) is 3.96. The molecule has 1 aromatic carbocycles. The van der Waals surface area contributed by atoms with Crippen molar-refractivity contribution in [3.63, 3.8) is 0 Å². The zero-order valence-corrected chi connectivity index (χ0v) is 12.8. The number of rotatable bonds is 6. The molecular weight excluding hydrogens is 278 g/mol. The Morgan fingerprint density at radius 3 is 2.79 bits per heavy atom. The number of ether oxygens (including phenoxy) is 1. The standard InChI is InChI=1S/C15H18ClNOS/c1-3-17-9-12-6-4-5-11(2)15(12)18-10-13-7-8-14(16)19-13/h4-8,17H,3,9-10H2,1-2H3. The molecule has 2 nitrogen and oxygen atoms in total. The second kappa shape index (κ2) is 6.94. The number of halogens is 1. The Hall–Kier alpha value is -1.03. The van der Waals surface area contributed by atoms with E-state index >= 15 is 0 Å². The highest BCUT2D eigenvalue weighted by Crippen LogP contribution is 2.27. The Bertz CT molecular complexity index is 539. The van der Waals surface area contributed by atoms with Gasteiger partial charge in [0.2, 0.25) is 0 Å². The largest absolute Gasteiger partial charge is 0.487 e. The molecule has 0 saturated carbocycles. The van der Waals surface area contributed by atoms with E-state index in [1.165, 1.54) is 5.56 Å². The molecule has 4 heteroatoms. The van der Waals surface area contributed by atoms with Crippen LogP contribution in [0.15, 0.2) is 30.3 Å². The van der Waals surface area contributed by atoms with Gasteiger partial charge in [-0.1, -0.05) is 36.7 Å². The van der Waals surface area contributed by atoms with E-state index in [0.29, 0.717) is 6.61 Å². The minimum atomic E-state index is 0.571. The quantitative estimate of drug-likeness (QED) is 0.853. The van der Waals surface area contributed by atoms with Crippen molar-refractivity contribution in [1.82, 2.24) is 5.32 Å². The van der Waals surface area contributed by atoms with Crippen LogP contribution in [0.25, 0.3) is 0 Å². The second-order valence-corrected chi connectivity index (χ2v) is 6.14. The lowest BCUT2D eigenvalue weighted by atomic mass is 10.1. The van der Waals surface area contributed by atoms with Crippen LogP contribution in [0.1, 0.15) is 22.9 Å². The molecule has 2 aromatic rings. The molecule has 0 saturated heterocycles. The van der Waals surface area contributed by atoms with E-state index in [4.69, 9.17) is 16.3 Å². The van der Waals surface area contributed by atoms with Gasteiger partial charge in [0.15, 0.2) is 0 Å². The van der Waals surface area contributed by atoms with Crippen LogP contribution in [0.4, 0.5) is 0 Å². The fourth-order valence-electron chi connectivity index (χ4n) is 1.89. The van der Waals surface area contributed by atoms with Crippen LogP contribution in [0.3, 0.4) is 0 Å². The Kier molecular flexibility index (Phi) is 5.25. The van der Waals surface area contributed by atoms with Crippen molar-refractivity contribution in [3.05, 3.63) is 50.7 Å². The van der Waals surface area contributed by atoms with Gasteiger partial charge in [-0.15, -0.1) is 11.3 Å². The molecule has 19 heavy (non-hydrogen) atoms. The molecule has 0 aliphatic heterocycles. The first-order valence-electron chi connectivity index (χ1n) is 6.37. The number of nitrogens with one attached hydrogen (secondary N) is 1. The predicted octanol–water partition coefficient (Wildman–Crippen LogP) is 4.40. The lowest BCUT2D eigenvalue weighted by molar-refractivity contribution is 0.303. The maximum Gasteiger partial charge on any atom is 0.127 e. The Labute approximate surface area is 123 Å². The summed E-state index contributed by atoms with van der Waals surface area (Å²) in [5.41, 5.74) is 2.36. The highest BCUT2D eigenvalue weighted by atomic mass is 35.5. The average Bonchev–Trinajstić information content (AvgIpc) is 2.81. The summed E-state index contributed by atoms with van der Waals surface area (Å²) >= 11 is 7.49. The van der Waals surface area contributed by atoms with Gasteiger partial charge < -0.3 is 10.1 Å². The SMILES string of the molecule is CCNCc1cccc(C)c1OCc1ccc(Cl)s1. The van der Waals surface area contributed by atoms with Crippen molar-refractivity contribution in [3.8, 4) is 5.75 Å². The molecule has 1 aromatic heterocycles. The van der Waals surface area contributed by atoms with Crippen LogP contribution < -0.4 is 10.1 Å². The van der Waals surface area contributed by atoms with E-state index < -0.39 is 0 Å². The molecule has 1 N–H and O–H groups in total. The molecule has 0 amide bonds. The van der Waals surface area contributed by atoms with E-state index in [1.54, 1.807) is 11.3 Å². The van der Waals surface area contributed by atoms with Gasteiger partial charge in [0.25, 0.3) is 0 Å². The minimum absolute atomic E-state index is 0.571. The van der Waals surface area contributed by atoms with Crippen molar-refractivity contribution < 1.29 is 4.74 Å². The van der Waals surface area contributed by atoms with Gasteiger partial charge in [-0.05, 0) is 31.2 Å². The summed E-state index contributed by atoms with van der Waals surface area (Å²) in [4.78, 5) is 1.14. The monoisotopic (exact) mass is 295 g/mol. The van der Waals surface area contributed by atoms with Crippen LogP contribution in [0.2, 0.25) is 4.34 Å². The fraction of sp³-hybridized carbons (Fsp3) is 0.333. The smallest absolute Gasteiger partial charge is 0.127 e. The molecule has 0 fully saturated rings. The van der Waals surface area contributed by atoms with Crippen LogP contribution in [-0.4, -0.2) is 6.54 Å². The van der Waals surface area contributed by atoms with Crippen LogP contribution >= 0.6 is 22.9 Å². The maximum atomic E-state index is 5.98. The van der Waals surface area contributed by atoms with Crippen molar-refractivity contribution >= 4 is 22.9 Å². The van der Waals surface area contributed by atoms with Crippen molar-refractivity contribution in [2.45, 2.75) is 27.0 Å². The van der Waals surface area contributed by atoms with Gasteiger partial charge >= 0.3 is 0 Å². The predicted molar refractivity (Wildman–Crippen MR) is 82.2 cm³/mol. The zero-order valence-electron chi connectivity index (χ0n) is 11.2. The molecule has 2 rings (SSSR count). The Morgan fingerprint density at radius 2 is 2.11 bits per heavy atom. The van der Waals surface area contributed by atoms with Gasteiger partial charge in [0.1, 0.15) is 12.4 Å². The lowest BCUT2D eigenvalue weighted by Crippen LogP contribution is -2.13. The van der Waals surface area contributed by atoms with Crippen LogP contribution in [0, 0.1) is 6.92 Å². The molecule has 0 atom stereocenters. The number of thiophene rings is 1. The molecule has 0 bridgehead atoms. The number of benzene rings is 1. The van der Waals surface area contributed by atoms with Crippen LogP contribution in [-0.2, 0) is 13.2 Å². The van der Waals surface area contributed by atoms with Crippen LogP contribution in [0.5, 0.6) is 5.75 Å². The summed E-state index contributed by atoms with van der Waals surface area (Å²) in [6.07, 6.45) is 0. The highest BCUT2D eigenvalue weighted by Gasteiger charge is 2.07. The molecule has 0 spiro atoms. The van der Waals surface area contributed by atoms with E-state index in [1.807, 2.05) is 12.1 Å². The first kappa shape index (κ1) is 14.4.